The highest BCUT2D eigenvalue weighted by atomic mass is 35.5. The molecule has 1 amide bonds. The van der Waals surface area contributed by atoms with Crippen molar-refractivity contribution in [3.8, 4) is 11.3 Å². The SMILES string of the molecule is Cc1sc(NC(=O)CCc2nc3c([nH]2)c(=O)[nH]c(=O)n3C)nc1-c1ccc(Cl)cc1. The largest absolute Gasteiger partial charge is 0.336 e. The Labute approximate surface area is 178 Å². The highest BCUT2D eigenvalue weighted by Crippen LogP contribution is 2.31. The predicted molar refractivity (Wildman–Crippen MR) is 116 cm³/mol. The van der Waals surface area contributed by atoms with E-state index in [4.69, 9.17) is 11.6 Å². The van der Waals surface area contributed by atoms with Gasteiger partial charge in [0, 0.05) is 35.4 Å². The van der Waals surface area contributed by atoms with Gasteiger partial charge in [0.25, 0.3) is 5.56 Å². The normalized spacial score (nSPS) is 11.2. The van der Waals surface area contributed by atoms with E-state index < -0.39 is 11.2 Å². The Morgan fingerprint density at radius 1 is 1.20 bits per heavy atom. The lowest BCUT2D eigenvalue weighted by Crippen LogP contribution is -2.28. The van der Waals surface area contributed by atoms with Crippen LogP contribution in [0.25, 0.3) is 22.4 Å². The number of amides is 1. The molecule has 0 fully saturated rings. The number of anilines is 1. The summed E-state index contributed by atoms with van der Waals surface area (Å²) in [4.78, 5) is 50.7. The van der Waals surface area contributed by atoms with E-state index in [0.29, 0.717) is 16.0 Å². The van der Waals surface area contributed by atoms with Crippen LogP contribution in [0.15, 0.2) is 33.9 Å². The molecule has 0 atom stereocenters. The van der Waals surface area contributed by atoms with Gasteiger partial charge < -0.3 is 10.3 Å². The van der Waals surface area contributed by atoms with Gasteiger partial charge in [0.2, 0.25) is 5.91 Å². The van der Waals surface area contributed by atoms with Gasteiger partial charge in [-0.1, -0.05) is 23.7 Å². The van der Waals surface area contributed by atoms with Crippen LogP contribution in [0, 0.1) is 6.92 Å². The molecule has 154 valence electrons. The van der Waals surface area contributed by atoms with Crippen LogP contribution in [-0.4, -0.2) is 30.4 Å². The number of aromatic amines is 2. The standard InChI is InChI=1S/C19H17ClN6O3S/c1-9-14(10-3-5-11(20)6-4-10)24-18(30-9)23-13(27)8-7-12-21-15-16(22-12)26(2)19(29)25-17(15)28/h3-6H,7-8H2,1-2H3,(H,21,22)(H,23,24,27)(H,25,28,29). The summed E-state index contributed by atoms with van der Waals surface area (Å²) in [5, 5.41) is 3.95. The van der Waals surface area contributed by atoms with Crippen molar-refractivity contribution in [1.29, 1.82) is 0 Å². The molecular formula is C19H17ClN6O3S. The molecule has 0 unspecified atom stereocenters. The lowest BCUT2D eigenvalue weighted by Gasteiger charge is -2.00. The number of H-pyrrole nitrogens is 2. The van der Waals surface area contributed by atoms with Crippen molar-refractivity contribution in [1.82, 2.24) is 24.5 Å². The molecule has 9 nitrogen and oxygen atoms in total. The number of benzene rings is 1. The third-order valence-corrected chi connectivity index (χ3v) is 5.69. The third kappa shape index (κ3) is 3.91. The number of halogens is 1. The first kappa shape index (κ1) is 20.0. The zero-order valence-electron chi connectivity index (χ0n) is 16.1. The minimum Gasteiger partial charge on any atom is -0.336 e. The van der Waals surface area contributed by atoms with Crippen molar-refractivity contribution in [3.05, 3.63) is 60.8 Å². The van der Waals surface area contributed by atoms with Crippen molar-refractivity contribution in [2.75, 3.05) is 5.32 Å². The molecule has 3 aromatic heterocycles. The van der Waals surface area contributed by atoms with E-state index in [0.717, 1.165) is 16.1 Å². The number of carbonyl (C=O) groups is 1. The fraction of sp³-hybridized carbons (Fsp3) is 0.211. The van der Waals surface area contributed by atoms with Crippen LogP contribution in [0.4, 0.5) is 5.13 Å². The zero-order valence-corrected chi connectivity index (χ0v) is 17.6. The molecule has 0 saturated heterocycles. The molecule has 0 aliphatic heterocycles. The maximum atomic E-state index is 12.4. The van der Waals surface area contributed by atoms with Gasteiger partial charge in [0.1, 0.15) is 11.3 Å². The summed E-state index contributed by atoms with van der Waals surface area (Å²) < 4.78 is 1.24. The van der Waals surface area contributed by atoms with Gasteiger partial charge in [0.05, 0.1) is 5.69 Å². The number of carbonyl (C=O) groups excluding carboxylic acids is 1. The van der Waals surface area contributed by atoms with E-state index in [9.17, 15) is 14.4 Å². The third-order valence-electron chi connectivity index (χ3n) is 4.55. The van der Waals surface area contributed by atoms with Crippen molar-refractivity contribution in [2.45, 2.75) is 19.8 Å². The summed E-state index contributed by atoms with van der Waals surface area (Å²) in [5.41, 5.74) is 1.09. The highest BCUT2D eigenvalue weighted by molar-refractivity contribution is 7.16. The van der Waals surface area contributed by atoms with Crippen LogP contribution in [0.3, 0.4) is 0 Å². The first-order valence-electron chi connectivity index (χ1n) is 9.03. The van der Waals surface area contributed by atoms with Crippen LogP contribution in [0.1, 0.15) is 17.1 Å². The van der Waals surface area contributed by atoms with Crippen molar-refractivity contribution < 1.29 is 4.79 Å². The Morgan fingerprint density at radius 2 is 1.93 bits per heavy atom. The summed E-state index contributed by atoms with van der Waals surface area (Å²) in [6.07, 6.45) is 0.420. The van der Waals surface area contributed by atoms with Gasteiger partial charge in [-0.3, -0.25) is 19.1 Å². The molecule has 4 rings (SSSR count). The van der Waals surface area contributed by atoms with Gasteiger partial charge in [0.15, 0.2) is 10.8 Å². The van der Waals surface area contributed by atoms with Crippen LogP contribution in [-0.2, 0) is 18.3 Å². The molecule has 0 aliphatic rings. The minimum absolute atomic E-state index is 0.139. The summed E-state index contributed by atoms with van der Waals surface area (Å²) in [5.74, 6) is 0.221. The second-order valence-electron chi connectivity index (χ2n) is 6.68. The van der Waals surface area contributed by atoms with Crippen LogP contribution in [0.2, 0.25) is 5.02 Å². The molecule has 30 heavy (non-hydrogen) atoms. The monoisotopic (exact) mass is 444 g/mol. The van der Waals surface area contributed by atoms with E-state index in [1.807, 2.05) is 19.1 Å². The van der Waals surface area contributed by atoms with Gasteiger partial charge in [-0.05, 0) is 19.1 Å². The zero-order chi connectivity index (χ0) is 21.4. The minimum atomic E-state index is -0.543. The number of rotatable bonds is 5. The number of nitrogens with one attached hydrogen (secondary N) is 3. The maximum absolute atomic E-state index is 12.4. The molecule has 4 aromatic rings. The van der Waals surface area contributed by atoms with E-state index >= 15 is 0 Å². The molecule has 0 spiro atoms. The number of fused-ring (bicyclic) bond motifs is 1. The second kappa shape index (κ2) is 7.88. The van der Waals surface area contributed by atoms with E-state index in [1.54, 1.807) is 12.1 Å². The summed E-state index contributed by atoms with van der Waals surface area (Å²) in [7, 11) is 1.51. The Balaban J connectivity index is 1.45. The number of hydrogen-bond acceptors (Lipinski definition) is 6. The Kier molecular flexibility index (Phi) is 5.27. The highest BCUT2D eigenvalue weighted by Gasteiger charge is 2.14. The first-order valence-corrected chi connectivity index (χ1v) is 10.2. The van der Waals surface area contributed by atoms with E-state index in [1.165, 1.54) is 23.0 Å². The van der Waals surface area contributed by atoms with Crippen molar-refractivity contribution >= 4 is 45.1 Å². The molecule has 1 aromatic carbocycles. The van der Waals surface area contributed by atoms with Crippen LogP contribution in [0.5, 0.6) is 0 Å². The lowest BCUT2D eigenvalue weighted by molar-refractivity contribution is -0.116. The molecule has 0 aliphatic carbocycles. The first-order chi connectivity index (χ1) is 14.3. The molecular weight excluding hydrogens is 428 g/mol. The Bertz CT molecular complexity index is 1370. The van der Waals surface area contributed by atoms with Gasteiger partial charge in [-0.2, -0.15) is 0 Å². The van der Waals surface area contributed by atoms with E-state index in [2.05, 4.69) is 25.3 Å². The topological polar surface area (TPSA) is 126 Å². The second-order valence-corrected chi connectivity index (χ2v) is 8.32. The number of aromatic nitrogens is 5. The molecule has 11 heteroatoms. The molecule has 3 heterocycles. The number of imidazole rings is 1. The lowest BCUT2D eigenvalue weighted by atomic mass is 10.1. The average molecular weight is 445 g/mol. The molecule has 0 radical (unpaired) electrons. The van der Waals surface area contributed by atoms with Gasteiger partial charge in [-0.15, -0.1) is 11.3 Å². The Morgan fingerprint density at radius 3 is 2.67 bits per heavy atom. The molecule has 0 saturated carbocycles. The van der Waals surface area contributed by atoms with Crippen molar-refractivity contribution in [3.63, 3.8) is 0 Å². The smallest absolute Gasteiger partial charge is 0.329 e. The summed E-state index contributed by atoms with van der Waals surface area (Å²) in [6.45, 7) is 1.94. The molecule has 0 bridgehead atoms. The van der Waals surface area contributed by atoms with Gasteiger partial charge in [-0.25, -0.2) is 14.8 Å². The average Bonchev–Trinajstić information content (AvgIpc) is 3.29. The van der Waals surface area contributed by atoms with Crippen LogP contribution >= 0.6 is 22.9 Å². The fourth-order valence-corrected chi connectivity index (χ4v) is 3.99. The van der Waals surface area contributed by atoms with E-state index in [-0.39, 0.29) is 29.9 Å². The number of nitrogens with zero attached hydrogens (tertiary/aromatic N) is 3. The maximum Gasteiger partial charge on any atom is 0.329 e. The quantitative estimate of drug-likeness (QED) is 0.436. The van der Waals surface area contributed by atoms with Gasteiger partial charge >= 0.3 is 5.69 Å². The number of thiazole rings is 1. The van der Waals surface area contributed by atoms with Crippen molar-refractivity contribution in [2.24, 2.45) is 7.05 Å². The van der Waals surface area contributed by atoms with Crippen LogP contribution < -0.4 is 16.6 Å². The summed E-state index contributed by atoms with van der Waals surface area (Å²) in [6, 6.07) is 7.35. The number of hydrogen-bond donors (Lipinski definition) is 3. The predicted octanol–water partition coefficient (Wildman–Crippen LogP) is 2.61. The summed E-state index contributed by atoms with van der Waals surface area (Å²) >= 11 is 7.32. The number of aryl methyl sites for hydroxylation is 3. The molecule has 3 N–H and O–H groups in total. The Hall–Kier alpha value is -3.24. The fourth-order valence-electron chi connectivity index (χ4n) is 3.01.